The fourth-order valence-corrected chi connectivity index (χ4v) is 2.81. The minimum absolute atomic E-state index is 0. The first kappa shape index (κ1) is 43.0. The van der Waals surface area contributed by atoms with E-state index in [4.69, 9.17) is 18.6 Å². The number of allylic oxidation sites excluding steroid dienone is 8. The van der Waals surface area contributed by atoms with Gasteiger partial charge >= 0.3 is 45.2 Å². The van der Waals surface area contributed by atoms with E-state index in [0.717, 1.165) is 0 Å². The summed E-state index contributed by atoms with van der Waals surface area (Å²) in [4.78, 5) is 0. The Balaban J connectivity index is -0.0000000686. The van der Waals surface area contributed by atoms with Gasteiger partial charge in [-0.1, -0.05) is 36.1 Å². The van der Waals surface area contributed by atoms with Crippen LogP contribution in [0.15, 0.2) is 44.6 Å². The van der Waals surface area contributed by atoms with Crippen LogP contribution < -0.4 is 0 Å². The van der Waals surface area contributed by atoms with Gasteiger partial charge in [-0.15, -0.1) is 0 Å². The topological polar surface area (TPSA) is 79.6 Å². The fraction of sp³-hybridized carbons (Fsp3) is 0.417. The van der Waals surface area contributed by atoms with Gasteiger partial charge < -0.3 is 0 Å². The molecule has 0 unspecified atom stereocenters. The first-order valence-electron chi connectivity index (χ1n) is 8.32. The van der Waals surface area contributed by atoms with Crippen LogP contribution in [0.3, 0.4) is 0 Å². The predicted octanol–water partition coefficient (Wildman–Crippen LogP) is 6.38. The second-order valence-corrected chi connectivity index (χ2v) is 6.25. The van der Waals surface area contributed by atoms with Gasteiger partial charge in [0.2, 0.25) is 0 Å². The monoisotopic (exact) mass is 486 g/mol. The maximum atomic E-state index is 7.50. The van der Waals surface area contributed by atoms with Crippen molar-refractivity contribution in [1.82, 2.24) is 0 Å². The Bertz CT molecular complexity index is 592. The smallest absolute Gasteiger partial charge is 0 e. The van der Waals surface area contributed by atoms with Gasteiger partial charge in [0.05, 0.1) is 0 Å². The minimum Gasteiger partial charge on any atom is 0 e. The van der Waals surface area contributed by atoms with E-state index in [9.17, 15) is 0 Å². The van der Waals surface area contributed by atoms with E-state index < -0.39 is 0 Å². The molecule has 2 radical (unpaired) electrons. The maximum absolute atomic E-state index is 7.50. The summed E-state index contributed by atoms with van der Waals surface area (Å²) < 4.78 is 30.0. The van der Waals surface area contributed by atoms with E-state index in [2.05, 4.69) is 95.8 Å². The van der Waals surface area contributed by atoms with E-state index in [1.54, 1.807) is 0 Å². The van der Waals surface area contributed by atoms with Crippen molar-refractivity contribution < 1.29 is 53.3 Å². The molecule has 30 heavy (non-hydrogen) atoms. The molecule has 0 saturated heterocycles. The van der Waals surface area contributed by atoms with Crippen LogP contribution in [0.5, 0.6) is 0 Å². The van der Waals surface area contributed by atoms with E-state index in [1.165, 1.54) is 56.4 Å². The Labute approximate surface area is 205 Å². The van der Waals surface area contributed by atoms with Crippen molar-refractivity contribution in [2.75, 3.05) is 0 Å². The molecule has 0 aromatic rings. The molecule has 0 fully saturated rings. The van der Waals surface area contributed by atoms with E-state index >= 15 is 0 Å². The number of hydrogen-bond acceptors (Lipinski definition) is 0. The van der Waals surface area contributed by atoms with Gasteiger partial charge in [-0.3, -0.25) is 0 Å². The number of rotatable bonds is 0. The summed E-state index contributed by atoms with van der Waals surface area (Å²) in [6.07, 6.45) is 0. The Kier molecular flexibility index (Phi) is 34.7. The van der Waals surface area contributed by atoms with Gasteiger partial charge in [-0.2, -0.15) is 0 Å². The summed E-state index contributed by atoms with van der Waals surface area (Å²) >= 11 is 0. The van der Waals surface area contributed by atoms with Crippen LogP contribution >= 0.6 is 0 Å². The average Bonchev–Trinajstić information content (AvgIpc) is 3.04. The Morgan fingerprint density at radius 2 is 0.400 bits per heavy atom. The molecule has 0 aromatic heterocycles. The maximum Gasteiger partial charge on any atom is 0 e. The molecule has 0 heterocycles. The second kappa shape index (κ2) is 24.3. The van der Waals surface area contributed by atoms with Crippen LogP contribution in [-0.4, -0.2) is 0 Å². The molecule has 0 bridgehead atoms. The van der Waals surface area contributed by atoms with Crippen LogP contribution in [0.1, 0.15) is 69.2 Å². The summed E-state index contributed by atoms with van der Waals surface area (Å²) in [5.41, 5.74) is 11.7. The zero-order valence-electron chi connectivity index (χ0n) is 19.4. The van der Waals surface area contributed by atoms with Gasteiger partial charge in [0.15, 0.2) is 0 Å². The molecule has 0 amide bonds. The molecule has 6 heteroatoms. The van der Waals surface area contributed by atoms with Crippen molar-refractivity contribution in [2.24, 2.45) is 0 Å². The third-order valence-corrected chi connectivity index (χ3v) is 5.62. The Morgan fingerprint density at radius 1 is 0.300 bits per heavy atom. The minimum atomic E-state index is 0. The molecular weight excluding hydrogens is 456 g/mol. The molecule has 0 saturated carbocycles. The molecule has 0 spiro atoms. The normalized spacial score (nSPS) is 14.5. The standard InChI is InChI=1S/2C10H15.4CO.2Cr/c2*1-6-7(2)9(4)10(5)8(6)3;4*1-2;;/h2*1-5H3;;;;;;. The van der Waals surface area contributed by atoms with E-state index in [-0.39, 0.29) is 34.7 Å². The van der Waals surface area contributed by atoms with E-state index in [1.807, 2.05) is 0 Å². The van der Waals surface area contributed by atoms with Crippen LogP contribution in [-0.2, 0) is 53.3 Å². The van der Waals surface area contributed by atoms with Crippen molar-refractivity contribution in [3.63, 3.8) is 0 Å². The fourth-order valence-electron chi connectivity index (χ4n) is 2.81. The predicted molar refractivity (Wildman–Crippen MR) is 107 cm³/mol. The van der Waals surface area contributed by atoms with Gasteiger partial charge in [-0.05, 0) is 77.7 Å². The van der Waals surface area contributed by atoms with Crippen LogP contribution in [0, 0.1) is 38.4 Å². The Morgan fingerprint density at radius 3 is 0.433 bits per heavy atom. The molecule has 0 aromatic carbocycles. The number of hydrogen-bond donors (Lipinski definition) is 0. The van der Waals surface area contributed by atoms with Crippen LogP contribution in [0.25, 0.3) is 0 Å². The van der Waals surface area contributed by atoms with Crippen molar-refractivity contribution in [3.05, 3.63) is 83.0 Å². The first-order chi connectivity index (χ1) is 13.1. The van der Waals surface area contributed by atoms with E-state index in [0.29, 0.717) is 0 Å². The van der Waals surface area contributed by atoms with Crippen LogP contribution in [0.2, 0.25) is 0 Å². The van der Waals surface area contributed by atoms with Crippen molar-refractivity contribution >= 4 is 0 Å². The Hall–Kier alpha value is -1.02. The zero-order valence-corrected chi connectivity index (χ0v) is 22.0. The molecule has 2 rings (SSSR count). The molecule has 0 aliphatic heterocycles. The molecule has 0 N–H and O–H groups in total. The SMILES string of the molecule is C[C]1C(C)=C(C)C(C)=C1C.C[C]1C(C)=C(C)C(C)=C1C.[C-]#[O+].[C-]#[O+].[C-]#[O+].[C-]#[O+].[Cr].[Cr]. The molecule has 4 nitrogen and oxygen atoms in total. The first-order valence-corrected chi connectivity index (χ1v) is 8.32. The molecule has 2 aliphatic rings. The van der Waals surface area contributed by atoms with Gasteiger partial charge in [-0.25, -0.2) is 0 Å². The van der Waals surface area contributed by atoms with Crippen molar-refractivity contribution in [3.8, 4) is 0 Å². The second-order valence-electron chi connectivity index (χ2n) is 6.25. The third-order valence-electron chi connectivity index (χ3n) is 5.62. The van der Waals surface area contributed by atoms with Gasteiger partial charge in [0.1, 0.15) is 0 Å². The molecule has 0 atom stereocenters. The van der Waals surface area contributed by atoms with Gasteiger partial charge in [0.25, 0.3) is 0 Å². The third kappa shape index (κ3) is 12.0. The quantitative estimate of drug-likeness (QED) is 0.281. The van der Waals surface area contributed by atoms with Crippen LogP contribution in [0.4, 0.5) is 0 Å². The summed E-state index contributed by atoms with van der Waals surface area (Å²) in [6.45, 7) is 40.0. The van der Waals surface area contributed by atoms with Crippen molar-refractivity contribution in [1.29, 1.82) is 0 Å². The average molecular weight is 486 g/mol. The van der Waals surface area contributed by atoms with Crippen molar-refractivity contribution in [2.45, 2.75) is 69.2 Å². The summed E-state index contributed by atoms with van der Waals surface area (Å²) in [6, 6.07) is 0. The summed E-state index contributed by atoms with van der Waals surface area (Å²) in [5.74, 6) is 2.94. The largest absolute Gasteiger partial charge is 0 e. The molecule has 162 valence electrons. The molecule has 2 aliphatic carbocycles. The molecular formula is C24H30Cr2O4. The summed E-state index contributed by atoms with van der Waals surface area (Å²) in [5, 5.41) is 0. The summed E-state index contributed by atoms with van der Waals surface area (Å²) in [7, 11) is 0. The van der Waals surface area contributed by atoms with Gasteiger partial charge in [0, 0.05) is 46.6 Å². The zero-order chi connectivity index (χ0) is 23.8.